The molecule has 110 heavy (non-hydrogen) atoms. The minimum atomic E-state index is -2.09. The van der Waals surface area contributed by atoms with Crippen LogP contribution in [0.3, 0.4) is 0 Å². The summed E-state index contributed by atoms with van der Waals surface area (Å²) in [5.41, 5.74) is 4.18. The van der Waals surface area contributed by atoms with Gasteiger partial charge in [0.05, 0.1) is 45.6 Å². The van der Waals surface area contributed by atoms with E-state index in [1.54, 1.807) is 0 Å². The lowest BCUT2D eigenvalue weighted by Crippen LogP contribution is -2.66. The molecule has 4 heterocycles. The molecule has 20 atom stereocenters. The second-order valence-electron chi connectivity index (χ2n) is 26.3. The highest BCUT2D eigenvalue weighted by Gasteiger charge is 2.59. The molecule has 0 radical (unpaired) electrons. The third kappa shape index (κ3) is 23.6. The Morgan fingerprint density at radius 2 is 0.518 bits per heavy atom. The summed E-state index contributed by atoms with van der Waals surface area (Å²) in [4.78, 5) is 120. The number of hydrogen-bond acceptors (Lipinski definition) is 29. The summed E-state index contributed by atoms with van der Waals surface area (Å²) in [6, 6.07) is 54.9. The van der Waals surface area contributed by atoms with E-state index in [-0.39, 0.29) is 39.6 Å². The number of carbonyl (C=O) groups excluding carboxylic acids is 9. The van der Waals surface area contributed by atoms with Gasteiger partial charge in [-0.15, -0.1) is 0 Å². The fourth-order valence-corrected chi connectivity index (χ4v) is 13.0. The minimum absolute atomic E-state index is 0.0863. The predicted molar refractivity (Wildman–Crippen MR) is 378 cm³/mol. The molecule has 0 amide bonds. The highest BCUT2D eigenvalue weighted by molar-refractivity contribution is 5.78. The average Bonchev–Trinajstić information content (AvgIpc) is 0.776. The van der Waals surface area contributed by atoms with Crippen molar-refractivity contribution in [3.63, 3.8) is 0 Å². The van der Waals surface area contributed by atoms with Gasteiger partial charge in [-0.2, -0.15) is 0 Å². The first-order chi connectivity index (χ1) is 53.0. The standard InChI is InChI=1S/C81H90O29/c1-47-63(99-48(2)82)68(100-49(3)83)71(108-78(47)104-53(7)87)76(89)97-45-61-64(91-39-55-27-15-9-16-28-55)66(93-41-57-31-19-11-20-32-57)73(95-43-59-35-23-13-24-36-59)79(106-61)110-80-74(96-44-60-37-25-14-26-38-60)67(94-42-58-33-21-12-22-34-58)65(92-40-56-29-17-10-18-30-56)62(107-80)46-98-77(90)72-69(101-50(4)84)70(102-51(5)85)75(103-52(6)86)81(109-72)105-54(8)88/h9-38,47,61-75,78-81H,39-46H2,1-8H3/t47?,61?,62?,63-,64-,65+,66?,67-,68+,69-,70?,71?,72?,73?,74?,75-,78+,79+,80+,81+/m1/s1. The molecule has 10 rings (SSSR count). The zero-order valence-electron chi connectivity index (χ0n) is 61.9. The molecular weight excluding hydrogens is 1440 g/mol. The molecule has 6 aromatic carbocycles. The number of carbonyl (C=O) groups is 9. The van der Waals surface area contributed by atoms with E-state index in [0.717, 1.165) is 48.5 Å². The summed E-state index contributed by atoms with van der Waals surface area (Å²) in [6.45, 7) is 6.69. The van der Waals surface area contributed by atoms with Gasteiger partial charge in [-0.25, -0.2) is 9.59 Å². The van der Waals surface area contributed by atoms with Crippen molar-refractivity contribution in [2.75, 3.05) is 13.2 Å². The summed E-state index contributed by atoms with van der Waals surface area (Å²) >= 11 is 0. The van der Waals surface area contributed by atoms with Crippen LogP contribution in [0.5, 0.6) is 0 Å². The molecule has 29 heteroatoms. The molecule has 9 unspecified atom stereocenters. The normalized spacial score (nSPS) is 27.8. The number of ether oxygens (including phenoxy) is 20. The Morgan fingerprint density at radius 1 is 0.264 bits per heavy atom. The summed E-state index contributed by atoms with van der Waals surface area (Å²) in [5, 5.41) is 0. The Bertz CT molecular complexity index is 3950. The molecule has 0 aliphatic carbocycles. The zero-order valence-corrected chi connectivity index (χ0v) is 61.9. The fourth-order valence-electron chi connectivity index (χ4n) is 13.0. The van der Waals surface area contributed by atoms with E-state index in [0.29, 0.717) is 33.4 Å². The molecule has 0 spiro atoms. The van der Waals surface area contributed by atoms with Crippen molar-refractivity contribution in [2.24, 2.45) is 5.92 Å². The Balaban J connectivity index is 1.11. The molecule has 0 bridgehead atoms. The molecule has 0 aromatic heterocycles. The van der Waals surface area contributed by atoms with Crippen LogP contribution in [0.1, 0.15) is 88.8 Å². The Labute approximate surface area is 635 Å². The van der Waals surface area contributed by atoms with Crippen molar-refractivity contribution in [1.29, 1.82) is 0 Å². The molecule has 4 fully saturated rings. The number of hydrogen-bond donors (Lipinski definition) is 0. The first-order valence-electron chi connectivity index (χ1n) is 35.8. The topological polar surface area (TPSA) is 338 Å². The van der Waals surface area contributed by atoms with Crippen LogP contribution in [-0.4, -0.2) is 184 Å². The van der Waals surface area contributed by atoms with Crippen molar-refractivity contribution >= 4 is 53.7 Å². The van der Waals surface area contributed by atoms with Crippen LogP contribution in [0.15, 0.2) is 182 Å². The molecule has 0 saturated carbocycles. The van der Waals surface area contributed by atoms with Gasteiger partial charge in [-0.05, 0) is 33.4 Å². The summed E-state index contributed by atoms with van der Waals surface area (Å²) in [7, 11) is 0. The smallest absolute Gasteiger partial charge is 0.339 e. The molecule has 4 aliphatic heterocycles. The zero-order chi connectivity index (χ0) is 78.2. The van der Waals surface area contributed by atoms with Gasteiger partial charge in [0.2, 0.25) is 18.7 Å². The van der Waals surface area contributed by atoms with E-state index >= 15 is 9.59 Å². The lowest BCUT2D eigenvalue weighted by molar-refractivity contribution is -0.394. The number of rotatable bonds is 33. The maximum Gasteiger partial charge on any atom is 0.339 e. The molecule has 588 valence electrons. The summed E-state index contributed by atoms with van der Waals surface area (Å²) in [6.07, 6.45) is -30.5. The lowest BCUT2D eigenvalue weighted by Gasteiger charge is -2.49. The van der Waals surface area contributed by atoms with E-state index in [9.17, 15) is 33.6 Å². The fraction of sp³-hybridized carbons (Fsp3) is 0.444. The first kappa shape index (κ1) is 82.6. The molecule has 4 aliphatic rings. The summed E-state index contributed by atoms with van der Waals surface area (Å²) < 4.78 is 128. The predicted octanol–water partition coefficient (Wildman–Crippen LogP) is 7.92. The van der Waals surface area contributed by atoms with E-state index in [1.165, 1.54) is 6.92 Å². The Morgan fingerprint density at radius 3 is 0.836 bits per heavy atom. The highest BCUT2D eigenvalue weighted by Crippen LogP contribution is 2.39. The van der Waals surface area contributed by atoms with Crippen LogP contribution >= 0.6 is 0 Å². The monoisotopic (exact) mass is 1530 g/mol. The maximum absolute atomic E-state index is 15.2. The van der Waals surface area contributed by atoms with Crippen molar-refractivity contribution in [3.05, 3.63) is 215 Å². The van der Waals surface area contributed by atoms with E-state index in [2.05, 4.69) is 0 Å². The van der Waals surface area contributed by atoms with E-state index < -0.39 is 190 Å². The second-order valence-corrected chi connectivity index (χ2v) is 26.3. The first-order valence-corrected chi connectivity index (χ1v) is 35.8. The van der Waals surface area contributed by atoms with E-state index in [4.69, 9.17) is 94.7 Å². The van der Waals surface area contributed by atoms with Crippen molar-refractivity contribution < 1.29 is 138 Å². The van der Waals surface area contributed by atoms with Crippen LogP contribution in [0.4, 0.5) is 0 Å². The van der Waals surface area contributed by atoms with Gasteiger partial charge in [0.15, 0.2) is 49.2 Å². The van der Waals surface area contributed by atoms with Gasteiger partial charge in [0.1, 0.15) is 62.0 Å². The van der Waals surface area contributed by atoms with Gasteiger partial charge in [-0.1, -0.05) is 189 Å². The second kappa shape index (κ2) is 40.7. The van der Waals surface area contributed by atoms with E-state index in [1.807, 2.05) is 182 Å². The van der Waals surface area contributed by atoms with Gasteiger partial charge in [-0.3, -0.25) is 33.6 Å². The van der Waals surface area contributed by atoms with Gasteiger partial charge >= 0.3 is 53.7 Å². The van der Waals surface area contributed by atoms with Crippen LogP contribution in [-0.2, 0) is 178 Å². The average molecular weight is 1530 g/mol. The maximum atomic E-state index is 15.2. The Kier molecular flexibility index (Phi) is 30.6. The quantitative estimate of drug-likeness (QED) is 0.0279. The highest BCUT2D eigenvalue weighted by atomic mass is 16.8. The van der Waals surface area contributed by atoms with Gasteiger partial charge < -0.3 is 94.7 Å². The van der Waals surface area contributed by atoms with Crippen molar-refractivity contribution in [1.82, 2.24) is 0 Å². The van der Waals surface area contributed by atoms with Crippen LogP contribution in [0.2, 0.25) is 0 Å². The molecular formula is C81H90O29. The van der Waals surface area contributed by atoms with Crippen molar-refractivity contribution in [2.45, 2.75) is 212 Å². The molecule has 0 N–H and O–H groups in total. The van der Waals surface area contributed by atoms with Crippen LogP contribution in [0.25, 0.3) is 0 Å². The van der Waals surface area contributed by atoms with Crippen LogP contribution < -0.4 is 0 Å². The largest absolute Gasteiger partial charge is 0.461 e. The SMILES string of the molecule is CC(=O)OC1[C@@H](OC(C)=O)C(C(=O)OCC2O[C@@H](O[C@@H]3OC(COC(=O)C4O[C@H](OC(C)=O)C(C)[C@@H](OC(C)=O)[C@@H]4OC(C)=O)[C@@H](OCc4ccccc4)C(OCc4ccccc4)C3OCc3ccccc3)C(OCc3ccccc3)[C@H](OCc3ccccc3)[C@H]2OCc2ccccc2)O[C@H](OC(C)=O)[C@@H]1OC(C)=O. The molecule has 6 aromatic rings. The van der Waals surface area contributed by atoms with Crippen molar-refractivity contribution in [3.8, 4) is 0 Å². The summed E-state index contributed by atoms with van der Waals surface area (Å²) in [5.74, 6) is -9.95. The minimum Gasteiger partial charge on any atom is -0.461 e. The third-order valence-electron chi connectivity index (χ3n) is 17.8. The van der Waals surface area contributed by atoms with Crippen LogP contribution in [0, 0.1) is 5.92 Å². The lowest BCUT2D eigenvalue weighted by atomic mass is 9.91. The Hall–Kier alpha value is -9.89. The number of benzene rings is 6. The third-order valence-corrected chi connectivity index (χ3v) is 17.8. The van der Waals surface area contributed by atoms with Gasteiger partial charge in [0.25, 0.3) is 0 Å². The molecule has 4 saturated heterocycles. The van der Waals surface area contributed by atoms with Gasteiger partial charge in [0, 0.05) is 48.5 Å². The number of esters is 9. The molecule has 29 nitrogen and oxygen atoms in total.